The Balaban J connectivity index is 1.49. The second-order valence-electron chi connectivity index (χ2n) is 7.09. The molecule has 0 aliphatic carbocycles. The van der Waals surface area contributed by atoms with Crippen molar-refractivity contribution < 1.29 is 14.0 Å². The first-order valence-corrected chi connectivity index (χ1v) is 9.46. The van der Waals surface area contributed by atoms with Crippen molar-refractivity contribution in [2.24, 2.45) is 0 Å². The van der Waals surface area contributed by atoms with E-state index in [0.717, 1.165) is 35.9 Å². The molecule has 0 unspecified atom stereocenters. The number of hydrogen-bond acceptors (Lipinski definition) is 4. The number of aryl methyl sites for hydroxylation is 1. The van der Waals surface area contributed by atoms with Gasteiger partial charge in [0.05, 0.1) is 12.1 Å². The number of nitrogens with one attached hydrogen (secondary N) is 1. The van der Waals surface area contributed by atoms with E-state index in [2.05, 4.69) is 16.3 Å². The molecule has 0 saturated carbocycles. The van der Waals surface area contributed by atoms with Crippen molar-refractivity contribution in [3.05, 3.63) is 59.7 Å². The fraction of sp³-hybridized carbons (Fsp3) is 0.333. The molecule has 0 radical (unpaired) electrons. The van der Waals surface area contributed by atoms with Gasteiger partial charge in [0.15, 0.2) is 0 Å². The van der Waals surface area contributed by atoms with Gasteiger partial charge in [-0.25, -0.2) is 0 Å². The summed E-state index contributed by atoms with van der Waals surface area (Å²) in [5, 5.41) is 2.90. The molecule has 7 nitrogen and oxygen atoms in total. The largest absolute Gasteiger partial charge is 0.465 e. The van der Waals surface area contributed by atoms with E-state index in [1.165, 1.54) is 0 Å². The van der Waals surface area contributed by atoms with Crippen LogP contribution < -0.4 is 10.2 Å². The maximum Gasteiger partial charge on any atom is 0.253 e. The van der Waals surface area contributed by atoms with Gasteiger partial charge in [0.1, 0.15) is 17.3 Å². The lowest BCUT2D eigenvalue weighted by atomic mass is 10.2. The third-order valence-corrected chi connectivity index (χ3v) is 5.16. The van der Waals surface area contributed by atoms with Crippen LogP contribution in [-0.2, 0) is 11.3 Å². The molecule has 0 bridgehead atoms. The molecule has 0 atom stereocenters. The van der Waals surface area contributed by atoms with Crippen molar-refractivity contribution in [1.82, 2.24) is 14.6 Å². The standard InChI is InChI=1S/C21H24N4O3/c1-15-3-7-19(28-15)13-22-21(27)17-4-5-18-6-8-20(25(18)14-17)24-11-9-23(10-12-24)16(2)26/h3-8,14H,9-13H2,1-2H3,(H,22,27). The minimum atomic E-state index is -0.142. The smallest absolute Gasteiger partial charge is 0.253 e. The Kier molecular flexibility index (Phi) is 4.81. The number of nitrogens with zero attached hydrogens (tertiary/aromatic N) is 3. The quantitative estimate of drug-likeness (QED) is 0.755. The van der Waals surface area contributed by atoms with Crippen LogP contribution in [0.4, 0.5) is 5.82 Å². The summed E-state index contributed by atoms with van der Waals surface area (Å²) in [6.45, 7) is 6.83. The molecular formula is C21H24N4O3. The minimum absolute atomic E-state index is 0.116. The molecule has 1 fully saturated rings. The highest BCUT2D eigenvalue weighted by Crippen LogP contribution is 2.22. The first kappa shape index (κ1) is 18.2. The van der Waals surface area contributed by atoms with Crippen molar-refractivity contribution in [3.63, 3.8) is 0 Å². The molecular weight excluding hydrogens is 356 g/mol. The van der Waals surface area contributed by atoms with Crippen molar-refractivity contribution in [2.45, 2.75) is 20.4 Å². The van der Waals surface area contributed by atoms with Crippen LogP contribution >= 0.6 is 0 Å². The average Bonchev–Trinajstić information content (AvgIpc) is 3.31. The first-order valence-electron chi connectivity index (χ1n) is 9.46. The number of carbonyl (C=O) groups is 2. The Morgan fingerprint density at radius 2 is 1.79 bits per heavy atom. The van der Waals surface area contributed by atoms with E-state index < -0.39 is 0 Å². The molecule has 1 aliphatic heterocycles. The summed E-state index contributed by atoms with van der Waals surface area (Å²) in [4.78, 5) is 28.2. The van der Waals surface area contributed by atoms with Gasteiger partial charge >= 0.3 is 0 Å². The van der Waals surface area contributed by atoms with Gasteiger partial charge in [0.25, 0.3) is 5.91 Å². The lowest BCUT2D eigenvalue weighted by Gasteiger charge is -2.35. The zero-order chi connectivity index (χ0) is 19.7. The summed E-state index contributed by atoms with van der Waals surface area (Å²) >= 11 is 0. The number of carbonyl (C=O) groups excluding carboxylic acids is 2. The Bertz CT molecular complexity index is 1010. The Morgan fingerprint density at radius 1 is 1.04 bits per heavy atom. The van der Waals surface area contributed by atoms with Crippen molar-refractivity contribution >= 4 is 23.1 Å². The molecule has 2 amide bonds. The van der Waals surface area contributed by atoms with Crippen molar-refractivity contribution in [2.75, 3.05) is 31.1 Å². The van der Waals surface area contributed by atoms with Crippen LogP contribution in [0.15, 0.2) is 47.0 Å². The SMILES string of the molecule is CC(=O)N1CCN(c2ccc3ccc(C(=O)NCc4ccc(C)o4)cn23)CC1. The van der Waals surface area contributed by atoms with Gasteiger partial charge in [-0.2, -0.15) is 0 Å². The Morgan fingerprint density at radius 3 is 2.46 bits per heavy atom. The predicted octanol–water partition coefficient (Wildman–Crippen LogP) is 2.44. The molecule has 0 spiro atoms. The molecule has 146 valence electrons. The topological polar surface area (TPSA) is 70.2 Å². The van der Waals surface area contributed by atoms with E-state index in [1.54, 1.807) is 6.92 Å². The van der Waals surface area contributed by atoms with E-state index in [4.69, 9.17) is 4.42 Å². The maximum atomic E-state index is 12.6. The molecule has 7 heteroatoms. The molecule has 1 aliphatic rings. The summed E-state index contributed by atoms with van der Waals surface area (Å²) in [5.41, 5.74) is 1.62. The normalized spacial score (nSPS) is 14.5. The number of piperazine rings is 1. The van der Waals surface area contributed by atoms with Crippen molar-refractivity contribution in [3.8, 4) is 0 Å². The number of rotatable bonds is 4. The van der Waals surface area contributed by atoms with Crippen LogP contribution in [0.25, 0.3) is 5.52 Å². The predicted molar refractivity (Wildman–Crippen MR) is 106 cm³/mol. The van der Waals surface area contributed by atoms with Gasteiger partial charge in [0.2, 0.25) is 5.91 Å². The number of aromatic nitrogens is 1. The summed E-state index contributed by atoms with van der Waals surface area (Å²) in [5.74, 6) is 2.57. The summed E-state index contributed by atoms with van der Waals surface area (Å²) in [6, 6.07) is 11.6. The number of amides is 2. The second-order valence-corrected chi connectivity index (χ2v) is 7.09. The molecule has 4 heterocycles. The fourth-order valence-corrected chi connectivity index (χ4v) is 3.58. The summed E-state index contributed by atoms with van der Waals surface area (Å²) in [6.07, 6.45) is 1.87. The molecule has 1 saturated heterocycles. The van der Waals surface area contributed by atoms with Crippen LogP contribution in [0.5, 0.6) is 0 Å². The Labute approximate surface area is 163 Å². The second kappa shape index (κ2) is 7.42. The lowest BCUT2D eigenvalue weighted by molar-refractivity contribution is -0.129. The molecule has 0 aromatic carbocycles. The third kappa shape index (κ3) is 3.60. The van der Waals surface area contributed by atoms with Gasteiger partial charge in [-0.05, 0) is 43.3 Å². The highest BCUT2D eigenvalue weighted by atomic mass is 16.3. The van der Waals surface area contributed by atoms with E-state index in [-0.39, 0.29) is 11.8 Å². The fourth-order valence-electron chi connectivity index (χ4n) is 3.58. The van der Waals surface area contributed by atoms with Crippen molar-refractivity contribution in [1.29, 1.82) is 0 Å². The van der Waals surface area contributed by atoms with Crippen LogP contribution in [0.3, 0.4) is 0 Å². The number of pyridine rings is 1. The molecule has 4 rings (SSSR count). The van der Waals surface area contributed by atoms with Gasteiger partial charge in [-0.15, -0.1) is 0 Å². The Hall–Kier alpha value is -3.22. The van der Waals surface area contributed by atoms with E-state index in [1.807, 2.05) is 52.8 Å². The van der Waals surface area contributed by atoms with Crippen LogP contribution in [0.1, 0.15) is 28.8 Å². The number of fused-ring (bicyclic) bond motifs is 1. The van der Waals surface area contributed by atoms with Gasteiger partial charge in [-0.3, -0.25) is 9.59 Å². The lowest BCUT2D eigenvalue weighted by Crippen LogP contribution is -2.48. The van der Waals surface area contributed by atoms with Crippen LogP contribution in [-0.4, -0.2) is 47.3 Å². The van der Waals surface area contributed by atoms with E-state index in [0.29, 0.717) is 25.2 Å². The van der Waals surface area contributed by atoms with Gasteiger partial charge in [0, 0.05) is 44.8 Å². The third-order valence-electron chi connectivity index (χ3n) is 5.16. The van der Waals surface area contributed by atoms with Gasteiger partial charge < -0.3 is 23.9 Å². The molecule has 3 aromatic rings. The summed E-state index contributed by atoms with van der Waals surface area (Å²) in [7, 11) is 0. The highest BCUT2D eigenvalue weighted by molar-refractivity contribution is 5.94. The van der Waals surface area contributed by atoms with E-state index in [9.17, 15) is 9.59 Å². The number of hydrogen-bond donors (Lipinski definition) is 1. The zero-order valence-electron chi connectivity index (χ0n) is 16.1. The minimum Gasteiger partial charge on any atom is -0.465 e. The maximum absolute atomic E-state index is 12.6. The van der Waals surface area contributed by atoms with E-state index >= 15 is 0 Å². The molecule has 3 aromatic heterocycles. The zero-order valence-corrected chi connectivity index (χ0v) is 16.1. The number of anilines is 1. The molecule has 1 N–H and O–H groups in total. The molecule has 28 heavy (non-hydrogen) atoms. The highest BCUT2D eigenvalue weighted by Gasteiger charge is 2.21. The first-order chi connectivity index (χ1) is 13.5. The van der Waals surface area contributed by atoms with Gasteiger partial charge in [-0.1, -0.05) is 0 Å². The van der Waals surface area contributed by atoms with Crippen LogP contribution in [0, 0.1) is 6.92 Å². The number of furan rings is 1. The monoisotopic (exact) mass is 380 g/mol. The van der Waals surface area contributed by atoms with Crippen LogP contribution in [0.2, 0.25) is 0 Å². The average molecular weight is 380 g/mol. The summed E-state index contributed by atoms with van der Waals surface area (Å²) < 4.78 is 7.53.